The van der Waals surface area contributed by atoms with Crippen LogP contribution in [0.4, 0.5) is 0 Å². The maximum Gasteiger partial charge on any atom is 0.191 e. The molecule has 0 amide bonds. The van der Waals surface area contributed by atoms with E-state index in [1.54, 1.807) is 13.4 Å². The summed E-state index contributed by atoms with van der Waals surface area (Å²) in [5.74, 6) is 1.86. The zero-order valence-electron chi connectivity index (χ0n) is 19.0. The van der Waals surface area contributed by atoms with Gasteiger partial charge in [0.1, 0.15) is 12.2 Å². The van der Waals surface area contributed by atoms with Gasteiger partial charge in [0.25, 0.3) is 0 Å². The maximum atomic E-state index is 5.18. The van der Waals surface area contributed by atoms with Crippen molar-refractivity contribution in [3.05, 3.63) is 48.0 Å². The summed E-state index contributed by atoms with van der Waals surface area (Å²) in [5, 5.41) is 15.1. The van der Waals surface area contributed by atoms with E-state index >= 15 is 0 Å². The average Bonchev–Trinajstić information content (AvgIpc) is 3.49. The Kier molecular flexibility index (Phi) is 9.79. The van der Waals surface area contributed by atoms with Crippen LogP contribution in [0, 0.1) is 0 Å². The fourth-order valence-corrected chi connectivity index (χ4v) is 3.97. The van der Waals surface area contributed by atoms with E-state index in [9.17, 15) is 0 Å². The van der Waals surface area contributed by atoms with E-state index in [1.807, 2.05) is 0 Å². The van der Waals surface area contributed by atoms with Crippen LogP contribution < -0.4 is 10.6 Å². The van der Waals surface area contributed by atoms with Crippen LogP contribution in [-0.2, 0) is 17.7 Å². The summed E-state index contributed by atoms with van der Waals surface area (Å²) in [7, 11) is 1.73. The number of likely N-dealkylation sites (tertiary alicyclic amines) is 1. The molecule has 8 nitrogen and oxygen atoms in total. The molecular formula is C23H37N7O. The molecule has 1 aromatic carbocycles. The highest BCUT2D eigenvalue weighted by atomic mass is 16.5. The quantitative estimate of drug-likeness (QED) is 0.307. The van der Waals surface area contributed by atoms with Crippen LogP contribution in [0.1, 0.15) is 43.6 Å². The summed E-state index contributed by atoms with van der Waals surface area (Å²) in [6.07, 6.45) is 6.15. The van der Waals surface area contributed by atoms with Gasteiger partial charge in [-0.15, -0.1) is 10.2 Å². The van der Waals surface area contributed by atoms with Gasteiger partial charge in [-0.2, -0.15) is 0 Å². The van der Waals surface area contributed by atoms with Gasteiger partial charge in [-0.1, -0.05) is 37.3 Å². The number of aliphatic imine (C=N–C) groups is 1. The molecule has 1 unspecified atom stereocenters. The summed E-state index contributed by atoms with van der Waals surface area (Å²) in [4.78, 5) is 7.54. The van der Waals surface area contributed by atoms with E-state index in [-0.39, 0.29) is 0 Å². The molecule has 1 aliphatic rings. The van der Waals surface area contributed by atoms with Crippen molar-refractivity contribution in [1.29, 1.82) is 0 Å². The number of hydrogen-bond donors (Lipinski definition) is 2. The molecule has 0 spiro atoms. The second-order valence-corrected chi connectivity index (χ2v) is 7.85. The van der Waals surface area contributed by atoms with E-state index in [0.29, 0.717) is 6.04 Å². The highest BCUT2D eigenvalue weighted by Gasteiger charge is 2.23. The lowest BCUT2D eigenvalue weighted by molar-refractivity contribution is 0.195. The molecule has 1 saturated heterocycles. The number of nitrogens with one attached hydrogen (secondary N) is 2. The molecule has 3 rings (SSSR count). The first-order chi connectivity index (χ1) is 15.3. The minimum atomic E-state index is 0.311. The molecule has 8 heteroatoms. The predicted octanol–water partition coefficient (Wildman–Crippen LogP) is 2.25. The average molecular weight is 428 g/mol. The van der Waals surface area contributed by atoms with Crippen LogP contribution in [0.3, 0.4) is 0 Å². The molecule has 2 aromatic rings. The standard InChI is InChI=1S/C23H37N7O/c1-3-22-28-27-19-30(22)16-13-25-23(24-12-9-17-31-2)26-18-21(29-14-7-8-15-29)20-10-5-4-6-11-20/h4-6,10-11,19,21H,3,7-9,12-18H2,1-2H3,(H2,24,25,26). The Morgan fingerprint density at radius 3 is 2.68 bits per heavy atom. The van der Waals surface area contributed by atoms with Crippen molar-refractivity contribution in [2.45, 2.75) is 45.2 Å². The first-order valence-electron chi connectivity index (χ1n) is 11.5. The largest absolute Gasteiger partial charge is 0.385 e. The molecule has 2 heterocycles. The third kappa shape index (κ3) is 7.33. The highest BCUT2D eigenvalue weighted by molar-refractivity contribution is 5.79. The van der Waals surface area contributed by atoms with Crippen LogP contribution >= 0.6 is 0 Å². The molecule has 1 fully saturated rings. The van der Waals surface area contributed by atoms with Crippen molar-refractivity contribution in [2.75, 3.05) is 46.4 Å². The van der Waals surface area contributed by atoms with Crippen LogP contribution in [0.5, 0.6) is 0 Å². The summed E-state index contributed by atoms with van der Waals surface area (Å²) >= 11 is 0. The fraction of sp³-hybridized carbons (Fsp3) is 0.609. The molecule has 0 bridgehead atoms. The number of benzene rings is 1. The van der Waals surface area contributed by atoms with Crippen molar-refractivity contribution < 1.29 is 4.74 Å². The van der Waals surface area contributed by atoms with Crippen LogP contribution in [-0.4, -0.2) is 72.1 Å². The van der Waals surface area contributed by atoms with E-state index in [1.165, 1.54) is 18.4 Å². The van der Waals surface area contributed by atoms with E-state index in [4.69, 9.17) is 9.73 Å². The molecule has 0 aliphatic carbocycles. The number of rotatable bonds is 12. The van der Waals surface area contributed by atoms with Crippen LogP contribution in [0.25, 0.3) is 0 Å². The Hall–Kier alpha value is -2.45. The van der Waals surface area contributed by atoms with Gasteiger partial charge in [-0.25, -0.2) is 0 Å². The molecule has 0 radical (unpaired) electrons. The SMILES string of the molecule is CCc1nncn1CCNC(=NCC(c1ccccc1)N1CCCC1)NCCCOC. The lowest BCUT2D eigenvalue weighted by Gasteiger charge is -2.27. The molecule has 1 aromatic heterocycles. The normalized spacial score (nSPS) is 15.9. The lowest BCUT2D eigenvalue weighted by Crippen LogP contribution is -2.40. The first kappa shape index (κ1) is 23.2. The van der Waals surface area contributed by atoms with Crippen molar-refractivity contribution in [3.8, 4) is 0 Å². The van der Waals surface area contributed by atoms with Crippen molar-refractivity contribution in [2.24, 2.45) is 4.99 Å². The Bertz CT molecular complexity index is 771. The monoisotopic (exact) mass is 427 g/mol. The first-order valence-corrected chi connectivity index (χ1v) is 11.5. The Labute approximate surface area is 186 Å². The summed E-state index contributed by atoms with van der Waals surface area (Å²) < 4.78 is 7.27. The molecule has 2 N–H and O–H groups in total. The summed E-state index contributed by atoms with van der Waals surface area (Å²) in [5.41, 5.74) is 1.34. The van der Waals surface area contributed by atoms with Gasteiger partial charge >= 0.3 is 0 Å². The number of hydrogen-bond acceptors (Lipinski definition) is 5. The number of aryl methyl sites for hydroxylation is 1. The smallest absolute Gasteiger partial charge is 0.191 e. The van der Waals surface area contributed by atoms with Crippen molar-refractivity contribution in [3.63, 3.8) is 0 Å². The molecule has 1 aliphatic heterocycles. The molecule has 1 atom stereocenters. The molecule has 0 saturated carbocycles. The van der Waals surface area contributed by atoms with Crippen molar-refractivity contribution in [1.82, 2.24) is 30.3 Å². The number of guanidine groups is 1. The minimum absolute atomic E-state index is 0.311. The topological polar surface area (TPSA) is 79.6 Å². The molecule has 31 heavy (non-hydrogen) atoms. The number of ether oxygens (including phenoxy) is 1. The van der Waals surface area contributed by atoms with E-state index in [2.05, 4.69) is 67.6 Å². The Balaban J connectivity index is 1.63. The zero-order valence-corrected chi connectivity index (χ0v) is 19.0. The Morgan fingerprint density at radius 2 is 1.94 bits per heavy atom. The van der Waals surface area contributed by atoms with Crippen molar-refractivity contribution >= 4 is 5.96 Å². The lowest BCUT2D eigenvalue weighted by atomic mass is 10.1. The highest BCUT2D eigenvalue weighted by Crippen LogP contribution is 2.25. The molecular weight excluding hydrogens is 390 g/mol. The van der Waals surface area contributed by atoms with Crippen LogP contribution in [0.2, 0.25) is 0 Å². The fourth-order valence-electron chi connectivity index (χ4n) is 3.97. The van der Waals surface area contributed by atoms with Gasteiger partial charge in [0.05, 0.1) is 12.6 Å². The van der Waals surface area contributed by atoms with Gasteiger partial charge in [-0.3, -0.25) is 9.89 Å². The van der Waals surface area contributed by atoms with Gasteiger partial charge in [-0.05, 0) is 37.9 Å². The number of aromatic nitrogens is 3. The van der Waals surface area contributed by atoms with Gasteiger partial charge in [0.2, 0.25) is 0 Å². The van der Waals surface area contributed by atoms with E-state index < -0.39 is 0 Å². The summed E-state index contributed by atoms with van der Waals surface area (Å²) in [6.45, 7) is 8.26. The maximum absolute atomic E-state index is 5.18. The predicted molar refractivity (Wildman–Crippen MR) is 124 cm³/mol. The van der Waals surface area contributed by atoms with Gasteiger partial charge in [0, 0.05) is 39.8 Å². The number of nitrogens with zero attached hydrogens (tertiary/aromatic N) is 5. The number of methoxy groups -OCH3 is 1. The third-order valence-corrected chi connectivity index (χ3v) is 5.66. The summed E-state index contributed by atoms with van der Waals surface area (Å²) in [6, 6.07) is 11.1. The zero-order chi connectivity index (χ0) is 21.7. The third-order valence-electron chi connectivity index (χ3n) is 5.66. The van der Waals surface area contributed by atoms with Gasteiger partial charge in [0.15, 0.2) is 5.96 Å². The Morgan fingerprint density at radius 1 is 1.16 bits per heavy atom. The van der Waals surface area contributed by atoms with E-state index in [0.717, 1.165) is 70.5 Å². The minimum Gasteiger partial charge on any atom is -0.385 e. The molecule has 170 valence electrons. The second kappa shape index (κ2) is 13.1. The van der Waals surface area contributed by atoms with Crippen LogP contribution in [0.15, 0.2) is 41.7 Å². The van der Waals surface area contributed by atoms with Gasteiger partial charge < -0.3 is 19.9 Å². The second-order valence-electron chi connectivity index (χ2n) is 7.85.